The summed E-state index contributed by atoms with van der Waals surface area (Å²) < 4.78 is 5.72. The van der Waals surface area contributed by atoms with E-state index in [1.807, 2.05) is 45.9 Å². The second-order valence-electron chi connectivity index (χ2n) is 6.47. The first-order valence-electron chi connectivity index (χ1n) is 8.83. The van der Waals surface area contributed by atoms with Gasteiger partial charge in [-0.05, 0) is 56.0 Å². The first-order valence-corrected chi connectivity index (χ1v) is 8.83. The Morgan fingerprint density at radius 1 is 1.15 bits per heavy atom. The molecule has 1 heterocycles. The summed E-state index contributed by atoms with van der Waals surface area (Å²) in [7, 11) is 0. The highest BCUT2D eigenvalue weighted by Crippen LogP contribution is 2.23. The lowest BCUT2D eigenvalue weighted by atomic mass is 9.98. The zero-order valence-electron chi connectivity index (χ0n) is 15.8. The standard InChI is InChI=1S/C20H27N3O3/c1-5-20(25,6-2)13-22-19(24)23-16-8-10-18(21-12-16)26-17-9-7-14(3)15(4)11-17/h7-12,25H,5-6,13H2,1-4H3,(H2,22,23,24). The molecule has 26 heavy (non-hydrogen) atoms. The molecule has 6 heteroatoms. The summed E-state index contributed by atoms with van der Waals surface area (Å²) >= 11 is 0. The Hall–Kier alpha value is -2.60. The maximum absolute atomic E-state index is 11.9. The highest BCUT2D eigenvalue weighted by molar-refractivity contribution is 5.89. The molecule has 140 valence electrons. The molecule has 2 rings (SSSR count). The molecule has 0 atom stereocenters. The van der Waals surface area contributed by atoms with Crippen LogP contribution < -0.4 is 15.4 Å². The third kappa shape index (κ3) is 5.46. The molecule has 0 bridgehead atoms. The molecule has 6 nitrogen and oxygen atoms in total. The van der Waals surface area contributed by atoms with Gasteiger partial charge in [0.25, 0.3) is 0 Å². The lowest BCUT2D eigenvalue weighted by molar-refractivity contribution is 0.0354. The second-order valence-corrected chi connectivity index (χ2v) is 6.47. The summed E-state index contributed by atoms with van der Waals surface area (Å²) in [4.78, 5) is 16.2. The molecule has 0 radical (unpaired) electrons. The summed E-state index contributed by atoms with van der Waals surface area (Å²) in [6.07, 6.45) is 2.69. The number of hydrogen-bond donors (Lipinski definition) is 3. The molecule has 2 aromatic rings. The van der Waals surface area contributed by atoms with Gasteiger partial charge in [0.05, 0.1) is 17.5 Å². The van der Waals surface area contributed by atoms with Crippen LogP contribution in [0.25, 0.3) is 0 Å². The third-order valence-electron chi connectivity index (χ3n) is 4.59. The van der Waals surface area contributed by atoms with Gasteiger partial charge in [-0.3, -0.25) is 0 Å². The zero-order valence-corrected chi connectivity index (χ0v) is 15.8. The number of amides is 2. The van der Waals surface area contributed by atoms with Gasteiger partial charge in [0.15, 0.2) is 0 Å². The summed E-state index contributed by atoms with van der Waals surface area (Å²) in [5.41, 5.74) is 2.02. The minimum atomic E-state index is -0.876. The van der Waals surface area contributed by atoms with Crippen LogP contribution in [0.15, 0.2) is 36.5 Å². The number of aryl methyl sites for hydroxylation is 2. The highest BCUT2D eigenvalue weighted by atomic mass is 16.5. The van der Waals surface area contributed by atoms with E-state index < -0.39 is 5.60 Å². The van der Waals surface area contributed by atoms with E-state index in [4.69, 9.17) is 4.74 Å². The molecule has 0 fully saturated rings. The summed E-state index contributed by atoms with van der Waals surface area (Å²) in [5.74, 6) is 1.17. The van der Waals surface area contributed by atoms with Gasteiger partial charge in [0.2, 0.25) is 5.88 Å². The molecular formula is C20H27N3O3. The number of nitrogens with zero attached hydrogens (tertiary/aromatic N) is 1. The van der Waals surface area contributed by atoms with Gasteiger partial charge in [-0.25, -0.2) is 9.78 Å². The number of hydrogen-bond acceptors (Lipinski definition) is 4. The Balaban J connectivity index is 1.90. The van der Waals surface area contributed by atoms with Crippen LogP contribution in [0.3, 0.4) is 0 Å². The van der Waals surface area contributed by atoms with Crippen molar-refractivity contribution in [2.45, 2.75) is 46.1 Å². The normalized spacial score (nSPS) is 11.1. The van der Waals surface area contributed by atoms with Crippen LogP contribution in [0, 0.1) is 13.8 Å². The number of aromatic nitrogens is 1. The lowest BCUT2D eigenvalue weighted by Gasteiger charge is -2.25. The molecular weight excluding hydrogens is 330 g/mol. The van der Waals surface area contributed by atoms with Gasteiger partial charge in [0.1, 0.15) is 5.75 Å². The van der Waals surface area contributed by atoms with Crippen molar-refractivity contribution in [3.8, 4) is 11.6 Å². The molecule has 0 spiro atoms. The van der Waals surface area contributed by atoms with Gasteiger partial charge in [-0.15, -0.1) is 0 Å². The van der Waals surface area contributed by atoms with Crippen molar-refractivity contribution >= 4 is 11.7 Å². The number of carbonyl (C=O) groups is 1. The minimum absolute atomic E-state index is 0.202. The fraction of sp³-hybridized carbons (Fsp3) is 0.400. The van der Waals surface area contributed by atoms with Crippen LogP contribution in [0.2, 0.25) is 0 Å². The van der Waals surface area contributed by atoms with E-state index in [-0.39, 0.29) is 12.6 Å². The fourth-order valence-corrected chi connectivity index (χ4v) is 2.33. The molecule has 0 saturated carbocycles. The van der Waals surface area contributed by atoms with E-state index >= 15 is 0 Å². The van der Waals surface area contributed by atoms with Crippen molar-refractivity contribution in [1.29, 1.82) is 0 Å². The van der Waals surface area contributed by atoms with E-state index in [0.717, 1.165) is 11.3 Å². The van der Waals surface area contributed by atoms with Crippen LogP contribution in [0.1, 0.15) is 37.8 Å². The summed E-state index contributed by atoms with van der Waals surface area (Å²) in [6.45, 7) is 8.06. The number of urea groups is 1. The number of benzene rings is 1. The van der Waals surface area contributed by atoms with E-state index in [0.29, 0.717) is 24.4 Å². The number of nitrogens with one attached hydrogen (secondary N) is 2. The van der Waals surface area contributed by atoms with Crippen LogP contribution in [-0.2, 0) is 0 Å². The Labute approximate surface area is 154 Å². The quantitative estimate of drug-likeness (QED) is 0.695. The van der Waals surface area contributed by atoms with Crippen molar-refractivity contribution < 1.29 is 14.6 Å². The molecule has 0 saturated heterocycles. The van der Waals surface area contributed by atoms with Gasteiger partial charge >= 0.3 is 6.03 Å². The Morgan fingerprint density at radius 2 is 1.88 bits per heavy atom. The second kappa shape index (κ2) is 8.67. The smallest absolute Gasteiger partial charge is 0.319 e. The van der Waals surface area contributed by atoms with Crippen molar-refractivity contribution in [3.05, 3.63) is 47.7 Å². The average molecular weight is 357 g/mol. The maximum atomic E-state index is 11.9. The van der Waals surface area contributed by atoms with E-state index in [1.165, 1.54) is 11.8 Å². The van der Waals surface area contributed by atoms with Crippen LogP contribution in [0.5, 0.6) is 11.6 Å². The average Bonchev–Trinajstić information content (AvgIpc) is 2.64. The zero-order chi connectivity index (χ0) is 19.2. The number of rotatable bonds is 7. The van der Waals surface area contributed by atoms with Crippen LogP contribution >= 0.6 is 0 Å². The van der Waals surface area contributed by atoms with Crippen LogP contribution in [-0.4, -0.2) is 28.3 Å². The number of ether oxygens (including phenoxy) is 1. The minimum Gasteiger partial charge on any atom is -0.439 e. The maximum Gasteiger partial charge on any atom is 0.319 e. The van der Waals surface area contributed by atoms with Crippen molar-refractivity contribution in [1.82, 2.24) is 10.3 Å². The van der Waals surface area contributed by atoms with Gasteiger partial charge in [-0.1, -0.05) is 19.9 Å². The van der Waals surface area contributed by atoms with E-state index in [1.54, 1.807) is 12.1 Å². The monoisotopic (exact) mass is 357 g/mol. The van der Waals surface area contributed by atoms with Gasteiger partial charge < -0.3 is 20.5 Å². The fourth-order valence-electron chi connectivity index (χ4n) is 2.33. The highest BCUT2D eigenvalue weighted by Gasteiger charge is 2.22. The van der Waals surface area contributed by atoms with Crippen molar-refractivity contribution in [3.63, 3.8) is 0 Å². The Morgan fingerprint density at radius 3 is 2.46 bits per heavy atom. The first-order chi connectivity index (χ1) is 12.3. The Kier molecular flexibility index (Phi) is 6.58. The number of anilines is 1. The third-order valence-corrected chi connectivity index (χ3v) is 4.59. The molecule has 0 unspecified atom stereocenters. The lowest BCUT2D eigenvalue weighted by Crippen LogP contribution is -2.43. The molecule has 1 aromatic carbocycles. The molecule has 1 aromatic heterocycles. The van der Waals surface area contributed by atoms with Crippen molar-refractivity contribution in [2.75, 3.05) is 11.9 Å². The largest absolute Gasteiger partial charge is 0.439 e. The van der Waals surface area contributed by atoms with Crippen LogP contribution in [0.4, 0.5) is 10.5 Å². The summed E-state index contributed by atoms with van der Waals surface area (Å²) in [5, 5.41) is 15.6. The molecule has 0 aliphatic carbocycles. The van der Waals surface area contributed by atoms with Crippen molar-refractivity contribution in [2.24, 2.45) is 0 Å². The molecule has 2 amide bonds. The van der Waals surface area contributed by atoms with Gasteiger partial charge in [-0.2, -0.15) is 0 Å². The summed E-state index contributed by atoms with van der Waals surface area (Å²) in [6, 6.07) is 8.88. The van der Waals surface area contributed by atoms with E-state index in [9.17, 15) is 9.90 Å². The molecule has 0 aliphatic heterocycles. The first kappa shape index (κ1) is 19.7. The molecule has 0 aliphatic rings. The Bertz CT molecular complexity index is 740. The van der Waals surface area contributed by atoms with Gasteiger partial charge in [0, 0.05) is 12.6 Å². The number of aliphatic hydroxyl groups is 1. The van der Waals surface area contributed by atoms with E-state index in [2.05, 4.69) is 15.6 Å². The number of pyridine rings is 1. The number of carbonyl (C=O) groups excluding carboxylic acids is 1. The molecule has 3 N–H and O–H groups in total. The SMILES string of the molecule is CCC(O)(CC)CNC(=O)Nc1ccc(Oc2ccc(C)c(C)c2)nc1. The predicted molar refractivity (Wildman–Crippen MR) is 103 cm³/mol. The topological polar surface area (TPSA) is 83.5 Å². The predicted octanol–water partition coefficient (Wildman–Crippen LogP) is 4.16.